The largest absolute Gasteiger partial charge is 0.395 e. The molecule has 0 aliphatic heterocycles. The molecule has 0 aromatic rings. The molecule has 0 unspecified atom stereocenters. The van der Waals surface area contributed by atoms with Crippen molar-refractivity contribution in [3.8, 4) is 0 Å². The molecular weight excluding hydrogens is 180 g/mol. The van der Waals surface area contributed by atoms with Crippen molar-refractivity contribution in [1.82, 2.24) is 10.2 Å². The molecule has 4 nitrogen and oxygen atoms in total. The predicted molar refractivity (Wildman–Crippen MR) is 56.8 cm³/mol. The molecule has 0 radical (unpaired) electrons. The van der Waals surface area contributed by atoms with Crippen molar-refractivity contribution in [2.24, 2.45) is 5.92 Å². The summed E-state index contributed by atoms with van der Waals surface area (Å²) in [5, 5.41) is 11.3. The molecule has 0 spiro atoms. The smallest absolute Gasteiger partial charge is 0.321 e. The van der Waals surface area contributed by atoms with Crippen LogP contribution in [0.3, 0.4) is 0 Å². The summed E-state index contributed by atoms with van der Waals surface area (Å²) < 4.78 is 0. The minimum absolute atomic E-state index is 0.0171. The third kappa shape index (κ3) is 4.87. The molecule has 0 saturated heterocycles. The fourth-order valence-corrected chi connectivity index (χ4v) is 0.704. The van der Waals surface area contributed by atoms with E-state index in [4.69, 9.17) is 5.11 Å². The Hall–Kier alpha value is -1.03. The van der Waals surface area contributed by atoms with Crippen molar-refractivity contribution in [3.05, 3.63) is 11.8 Å². The van der Waals surface area contributed by atoms with Gasteiger partial charge in [0.2, 0.25) is 0 Å². The van der Waals surface area contributed by atoms with Crippen LogP contribution >= 0.6 is 0 Å². The van der Waals surface area contributed by atoms with Gasteiger partial charge in [0.25, 0.3) is 0 Å². The first-order valence-electron chi connectivity index (χ1n) is 4.78. The molecule has 0 saturated carbocycles. The first kappa shape index (κ1) is 13.0. The lowest BCUT2D eigenvalue weighted by molar-refractivity contribution is 0.193. The molecule has 0 rings (SSSR count). The predicted octanol–water partition coefficient (Wildman–Crippen LogP) is 1.18. The van der Waals surface area contributed by atoms with Crippen molar-refractivity contribution in [2.75, 3.05) is 20.2 Å². The molecule has 0 aromatic heterocycles. The normalized spacial score (nSPS) is 11.7. The molecule has 0 bridgehead atoms. The van der Waals surface area contributed by atoms with Crippen LogP contribution in [0.1, 0.15) is 20.8 Å². The number of nitrogens with one attached hydrogen (secondary N) is 1. The van der Waals surface area contributed by atoms with Gasteiger partial charge in [-0.25, -0.2) is 4.79 Å². The average Bonchev–Trinajstić information content (AvgIpc) is 2.13. The Balaban J connectivity index is 4.01. The first-order valence-corrected chi connectivity index (χ1v) is 4.78. The zero-order chi connectivity index (χ0) is 11.1. The lowest BCUT2D eigenvalue weighted by Crippen LogP contribution is -2.36. The third-order valence-electron chi connectivity index (χ3n) is 2.12. The standard InChI is InChI=1S/C10H20N2O2/c1-8(2)9(3)7-11-10(14)12(4)5-6-13/h7-8,13H,5-6H2,1-4H3,(H,11,14)/b9-7+. The second kappa shape index (κ2) is 6.43. The highest BCUT2D eigenvalue weighted by atomic mass is 16.3. The van der Waals surface area contributed by atoms with Gasteiger partial charge in [-0.2, -0.15) is 0 Å². The van der Waals surface area contributed by atoms with E-state index in [1.165, 1.54) is 4.90 Å². The molecule has 14 heavy (non-hydrogen) atoms. The number of hydrogen-bond acceptors (Lipinski definition) is 2. The van der Waals surface area contributed by atoms with Gasteiger partial charge in [0.1, 0.15) is 0 Å². The fourth-order valence-electron chi connectivity index (χ4n) is 0.704. The van der Waals surface area contributed by atoms with Crippen LogP contribution in [-0.2, 0) is 0 Å². The molecule has 0 aliphatic rings. The number of rotatable bonds is 4. The van der Waals surface area contributed by atoms with Crippen LogP contribution < -0.4 is 5.32 Å². The summed E-state index contributed by atoms with van der Waals surface area (Å²) in [4.78, 5) is 12.8. The molecular formula is C10H20N2O2. The SMILES string of the molecule is C/C(=C\NC(=O)N(C)CCO)C(C)C. The summed E-state index contributed by atoms with van der Waals surface area (Å²) in [5.74, 6) is 0.429. The lowest BCUT2D eigenvalue weighted by atomic mass is 10.1. The number of carbonyl (C=O) groups excluding carboxylic acids is 1. The maximum absolute atomic E-state index is 11.3. The Morgan fingerprint density at radius 1 is 1.57 bits per heavy atom. The summed E-state index contributed by atoms with van der Waals surface area (Å²) in [6, 6.07) is -0.195. The zero-order valence-electron chi connectivity index (χ0n) is 9.37. The molecule has 2 N–H and O–H groups in total. The van der Waals surface area contributed by atoms with E-state index in [1.54, 1.807) is 13.2 Å². The molecule has 0 heterocycles. The number of urea groups is 1. The maximum Gasteiger partial charge on any atom is 0.321 e. The van der Waals surface area contributed by atoms with E-state index in [0.717, 1.165) is 5.57 Å². The highest BCUT2D eigenvalue weighted by Crippen LogP contribution is 2.05. The van der Waals surface area contributed by atoms with Crippen molar-refractivity contribution in [2.45, 2.75) is 20.8 Å². The Morgan fingerprint density at radius 2 is 2.14 bits per heavy atom. The van der Waals surface area contributed by atoms with E-state index in [9.17, 15) is 4.79 Å². The van der Waals surface area contributed by atoms with Gasteiger partial charge in [0, 0.05) is 19.8 Å². The fraction of sp³-hybridized carbons (Fsp3) is 0.700. The summed E-state index contributed by atoms with van der Waals surface area (Å²) >= 11 is 0. The Kier molecular flexibility index (Phi) is 5.95. The van der Waals surface area contributed by atoms with E-state index in [-0.39, 0.29) is 12.6 Å². The van der Waals surface area contributed by atoms with Gasteiger partial charge >= 0.3 is 6.03 Å². The topological polar surface area (TPSA) is 52.6 Å². The first-order chi connectivity index (χ1) is 6.49. The number of nitrogens with zero attached hydrogens (tertiary/aromatic N) is 1. The van der Waals surface area contributed by atoms with Crippen molar-refractivity contribution >= 4 is 6.03 Å². The van der Waals surface area contributed by atoms with Gasteiger partial charge in [-0.1, -0.05) is 19.4 Å². The van der Waals surface area contributed by atoms with Gasteiger partial charge in [0.15, 0.2) is 0 Å². The molecule has 0 aromatic carbocycles. The van der Waals surface area contributed by atoms with Crippen molar-refractivity contribution in [3.63, 3.8) is 0 Å². The molecule has 0 atom stereocenters. The van der Waals surface area contributed by atoms with E-state index in [2.05, 4.69) is 19.2 Å². The van der Waals surface area contributed by atoms with Crippen LogP contribution in [0.4, 0.5) is 4.79 Å². The van der Waals surface area contributed by atoms with Crippen LogP contribution in [0.15, 0.2) is 11.8 Å². The molecule has 4 heteroatoms. The summed E-state index contributed by atoms with van der Waals surface area (Å²) in [7, 11) is 1.64. The second-order valence-electron chi connectivity index (χ2n) is 3.64. The number of aliphatic hydroxyl groups is 1. The van der Waals surface area contributed by atoms with E-state index in [1.807, 2.05) is 6.92 Å². The lowest BCUT2D eigenvalue weighted by Gasteiger charge is -2.15. The third-order valence-corrected chi connectivity index (χ3v) is 2.12. The van der Waals surface area contributed by atoms with Gasteiger partial charge in [-0.15, -0.1) is 0 Å². The summed E-state index contributed by atoms with van der Waals surface area (Å²) in [6.07, 6.45) is 1.71. The van der Waals surface area contributed by atoms with E-state index < -0.39 is 0 Å². The molecule has 82 valence electrons. The quantitative estimate of drug-likeness (QED) is 0.716. The minimum Gasteiger partial charge on any atom is -0.395 e. The molecule has 0 fully saturated rings. The van der Waals surface area contributed by atoms with E-state index in [0.29, 0.717) is 12.5 Å². The van der Waals surface area contributed by atoms with Crippen LogP contribution in [0.5, 0.6) is 0 Å². The summed E-state index contributed by atoms with van der Waals surface area (Å²) in [5.41, 5.74) is 1.12. The van der Waals surface area contributed by atoms with Crippen molar-refractivity contribution < 1.29 is 9.90 Å². The number of hydrogen-bond donors (Lipinski definition) is 2. The monoisotopic (exact) mass is 200 g/mol. The van der Waals surface area contributed by atoms with Crippen LogP contribution in [0, 0.1) is 5.92 Å². The summed E-state index contributed by atoms with van der Waals surface area (Å²) in [6.45, 7) is 6.43. The highest BCUT2D eigenvalue weighted by Gasteiger charge is 2.05. The Bertz CT molecular complexity index is 212. The number of likely N-dealkylation sites (N-methyl/N-ethyl adjacent to an activating group) is 1. The second-order valence-corrected chi connectivity index (χ2v) is 3.64. The number of carbonyl (C=O) groups is 1. The number of allylic oxidation sites excluding steroid dienone is 1. The Labute approximate surface area is 85.6 Å². The van der Waals surface area contributed by atoms with Gasteiger partial charge in [0.05, 0.1) is 6.61 Å². The highest BCUT2D eigenvalue weighted by molar-refractivity contribution is 5.74. The van der Waals surface area contributed by atoms with Gasteiger partial charge in [-0.3, -0.25) is 0 Å². The maximum atomic E-state index is 11.3. The van der Waals surface area contributed by atoms with Gasteiger partial charge in [-0.05, 0) is 12.8 Å². The molecule has 0 aliphatic carbocycles. The van der Waals surface area contributed by atoms with Crippen LogP contribution in [-0.4, -0.2) is 36.2 Å². The minimum atomic E-state index is -0.195. The van der Waals surface area contributed by atoms with E-state index >= 15 is 0 Å². The van der Waals surface area contributed by atoms with Crippen LogP contribution in [0.25, 0.3) is 0 Å². The Morgan fingerprint density at radius 3 is 2.57 bits per heavy atom. The average molecular weight is 200 g/mol. The number of amides is 2. The van der Waals surface area contributed by atoms with Crippen molar-refractivity contribution in [1.29, 1.82) is 0 Å². The zero-order valence-corrected chi connectivity index (χ0v) is 9.37. The van der Waals surface area contributed by atoms with Gasteiger partial charge < -0.3 is 15.3 Å². The number of aliphatic hydroxyl groups excluding tert-OH is 1. The van der Waals surface area contributed by atoms with Crippen LogP contribution in [0.2, 0.25) is 0 Å². The molecule has 2 amide bonds.